The van der Waals surface area contributed by atoms with Gasteiger partial charge in [-0.15, -0.1) is 0 Å². The van der Waals surface area contributed by atoms with Crippen LogP contribution in [0.1, 0.15) is 43.5 Å². The van der Waals surface area contributed by atoms with Crippen LogP contribution in [0, 0.1) is 0 Å². The summed E-state index contributed by atoms with van der Waals surface area (Å²) in [5.41, 5.74) is -1.07. The number of fused-ring (bicyclic) bond motifs is 1. The summed E-state index contributed by atoms with van der Waals surface area (Å²) in [7, 11) is 0. The maximum absolute atomic E-state index is 13.9. The van der Waals surface area contributed by atoms with Gasteiger partial charge in [0.25, 0.3) is 0 Å². The van der Waals surface area contributed by atoms with Gasteiger partial charge >= 0.3 is 12.3 Å². The molecular weight excluding hydrogens is 574 g/mol. The first kappa shape index (κ1) is 28.2. The van der Waals surface area contributed by atoms with Crippen molar-refractivity contribution in [3.05, 3.63) is 45.7 Å². The van der Waals surface area contributed by atoms with Crippen LogP contribution in [0.4, 0.5) is 23.8 Å². The number of carboxylic acid groups (broad SMARTS) is 1. The standard InChI is InChI=1S/C25H26Cl2F3N7O3/c1-14(16-6-5-15(26)12-17(16)27)37-22-20(21(33-37)25(28,29)30)31-13-19(32-22)34-8-10-35(11-9-34)23(38)18-4-2-3-7-36(18)24(39)40/h5-6,12-14,18H,2-4,7-11H2,1H3,(H,39,40)/t14?,18-/m1/s1. The second kappa shape index (κ2) is 10.9. The Bertz CT molecular complexity index is 1440. The first-order chi connectivity index (χ1) is 19.0. The second-order valence-corrected chi connectivity index (χ2v) is 10.7. The van der Waals surface area contributed by atoms with Crippen LogP contribution in [0.15, 0.2) is 24.4 Å². The van der Waals surface area contributed by atoms with Crippen LogP contribution in [-0.2, 0) is 11.0 Å². The molecule has 214 valence electrons. The van der Waals surface area contributed by atoms with Crippen molar-refractivity contribution < 1.29 is 27.9 Å². The van der Waals surface area contributed by atoms with Crippen LogP contribution in [0.2, 0.25) is 10.0 Å². The van der Waals surface area contributed by atoms with Crippen molar-refractivity contribution in [2.45, 2.75) is 44.4 Å². The van der Waals surface area contributed by atoms with Crippen molar-refractivity contribution in [1.29, 1.82) is 0 Å². The van der Waals surface area contributed by atoms with Crippen LogP contribution in [0.3, 0.4) is 0 Å². The van der Waals surface area contributed by atoms with Gasteiger partial charge in [-0.25, -0.2) is 19.4 Å². The summed E-state index contributed by atoms with van der Waals surface area (Å²) < 4.78 is 42.7. The summed E-state index contributed by atoms with van der Waals surface area (Å²) in [5, 5.41) is 14.0. The van der Waals surface area contributed by atoms with E-state index < -0.39 is 30.0 Å². The van der Waals surface area contributed by atoms with Gasteiger partial charge in [0.05, 0.1) is 12.2 Å². The highest BCUT2D eigenvalue weighted by atomic mass is 35.5. The molecule has 3 aromatic rings. The van der Waals surface area contributed by atoms with Crippen molar-refractivity contribution in [2.75, 3.05) is 37.6 Å². The van der Waals surface area contributed by atoms with E-state index >= 15 is 0 Å². The number of rotatable bonds is 4. The Morgan fingerprint density at radius 1 is 1.10 bits per heavy atom. The predicted molar refractivity (Wildman–Crippen MR) is 142 cm³/mol. The average Bonchev–Trinajstić information content (AvgIpc) is 3.32. The maximum Gasteiger partial charge on any atom is 0.437 e. The first-order valence-corrected chi connectivity index (χ1v) is 13.5. The number of aromatic nitrogens is 4. The zero-order valence-corrected chi connectivity index (χ0v) is 22.9. The van der Waals surface area contributed by atoms with Crippen molar-refractivity contribution >= 4 is 52.2 Å². The monoisotopic (exact) mass is 599 g/mol. The van der Waals surface area contributed by atoms with Gasteiger partial charge < -0.3 is 14.9 Å². The SMILES string of the molecule is CC(c1ccc(Cl)cc1Cl)n1nc(C(F)(F)F)c2ncc(N3CCN(C(=O)[C@H]4CCCCN4C(=O)O)CC3)nc21. The third kappa shape index (κ3) is 5.36. The van der Waals surface area contributed by atoms with Crippen molar-refractivity contribution in [2.24, 2.45) is 0 Å². The molecule has 2 aromatic heterocycles. The molecule has 0 radical (unpaired) electrons. The third-order valence-electron chi connectivity index (χ3n) is 7.39. The second-order valence-electron chi connectivity index (χ2n) is 9.83. The Morgan fingerprint density at radius 2 is 1.82 bits per heavy atom. The molecule has 2 aliphatic rings. The number of hydrogen-bond acceptors (Lipinski definition) is 6. The van der Waals surface area contributed by atoms with Crippen molar-refractivity contribution in [3.8, 4) is 0 Å². The van der Waals surface area contributed by atoms with E-state index in [9.17, 15) is 27.9 Å². The van der Waals surface area contributed by atoms with E-state index in [-0.39, 0.29) is 22.1 Å². The highest BCUT2D eigenvalue weighted by molar-refractivity contribution is 6.35. The van der Waals surface area contributed by atoms with Gasteiger partial charge in [-0.1, -0.05) is 29.3 Å². The van der Waals surface area contributed by atoms with Gasteiger partial charge in [-0.05, 0) is 43.9 Å². The number of amides is 2. The lowest BCUT2D eigenvalue weighted by molar-refractivity contribution is -0.140. The zero-order chi connectivity index (χ0) is 28.8. The molecule has 2 aliphatic heterocycles. The fourth-order valence-corrected chi connectivity index (χ4v) is 5.84. The third-order valence-corrected chi connectivity index (χ3v) is 7.95. The molecule has 0 spiro atoms. The van der Waals surface area contributed by atoms with E-state index in [0.717, 1.165) is 17.5 Å². The minimum absolute atomic E-state index is 0.0545. The summed E-state index contributed by atoms with van der Waals surface area (Å²) in [4.78, 5) is 38.0. The molecule has 0 aliphatic carbocycles. The molecular formula is C25H26Cl2F3N7O3. The maximum atomic E-state index is 13.9. The average molecular weight is 600 g/mol. The highest BCUT2D eigenvalue weighted by Gasteiger charge is 2.40. The Labute approximate surface area is 237 Å². The Balaban J connectivity index is 1.40. The Morgan fingerprint density at radius 3 is 2.48 bits per heavy atom. The van der Waals surface area contributed by atoms with E-state index in [1.807, 2.05) is 4.90 Å². The number of hydrogen-bond donors (Lipinski definition) is 1. The van der Waals surface area contributed by atoms with Crippen LogP contribution in [-0.4, -0.2) is 85.4 Å². The molecule has 40 heavy (non-hydrogen) atoms. The molecule has 4 heterocycles. The first-order valence-electron chi connectivity index (χ1n) is 12.8. The fourth-order valence-electron chi connectivity index (χ4n) is 5.27. The van der Waals surface area contributed by atoms with E-state index in [0.29, 0.717) is 55.5 Å². The van der Waals surface area contributed by atoms with Crippen LogP contribution in [0.25, 0.3) is 11.2 Å². The van der Waals surface area contributed by atoms with Gasteiger partial charge in [0.15, 0.2) is 11.3 Å². The normalized spacial score (nSPS) is 19.2. The van der Waals surface area contributed by atoms with Gasteiger partial charge in [0.2, 0.25) is 5.91 Å². The van der Waals surface area contributed by atoms with Crippen molar-refractivity contribution in [3.63, 3.8) is 0 Å². The number of likely N-dealkylation sites (tertiary alicyclic amines) is 1. The predicted octanol–water partition coefficient (Wildman–Crippen LogP) is 4.94. The molecule has 2 atom stereocenters. The quantitative estimate of drug-likeness (QED) is 0.452. The summed E-state index contributed by atoms with van der Waals surface area (Å²) in [6, 6.07) is 3.31. The number of carbonyl (C=O) groups is 2. The molecule has 1 aromatic carbocycles. The van der Waals surface area contributed by atoms with Crippen LogP contribution < -0.4 is 4.90 Å². The molecule has 2 amide bonds. The number of halogens is 5. The molecule has 15 heteroatoms. The minimum Gasteiger partial charge on any atom is -0.465 e. The lowest BCUT2D eigenvalue weighted by Crippen LogP contribution is -2.57. The number of anilines is 1. The lowest BCUT2D eigenvalue weighted by Gasteiger charge is -2.40. The molecule has 2 fully saturated rings. The number of alkyl halides is 3. The molecule has 2 saturated heterocycles. The lowest BCUT2D eigenvalue weighted by atomic mass is 10.0. The highest BCUT2D eigenvalue weighted by Crippen LogP contribution is 2.36. The topological polar surface area (TPSA) is 108 Å². The van der Waals surface area contributed by atoms with Crippen molar-refractivity contribution in [1.82, 2.24) is 29.5 Å². The smallest absolute Gasteiger partial charge is 0.437 e. The van der Waals surface area contributed by atoms with Gasteiger partial charge in [-0.2, -0.15) is 18.3 Å². The van der Waals surface area contributed by atoms with Gasteiger partial charge in [0.1, 0.15) is 17.4 Å². The summed E-state index contributed by atoms with van der Waals surface area (Å²) in [6.07, 6.45) is -2.60. The zero-order valence-electron chi connectivity index (χ0n) is 21.4. The largest absolute Gasteiger partial charge is 0.465 e. The number of piperidine rings is 1. The van der Waals surface area contributed by atoms with Crippen LogP contribution >= 0.6 is 23.2 Å². The number of benzene rings is 1. The molecule has 10 nitrogen and oxygen atoms in total. The van der Waals surface area contributed by atoms with Gasteiger partial charge in [-0.3, -0.25) is 9.69 Å². The van der Waals surface area contributed by atoms with Gasteiger partial charge in [0, 0.05) is 42.8 Å². The molecule has 5 rings (SSSR count). The van der Waals surface area contributed by atoms with E-state index in [1.54, 1.807) is 24.0 Å². The molecule has 0 bridgehead atoms. The number of nitrogens with zero attached hydrogens (tertiary/aromatic N) is 7. The number of piperazine rings is 1. The summed E-state index contributed by atoms with van der Waals surface area (Å²) in [5.74, 6) is 0.110. The molecule has 1 unspecified atom stereocenters. The number of carbonyl (C=O) groups excluding carboxylic acids is 1. The Hall–Kier alpha value is -3.32. The summed E-state index contributed by atoms with van der Waals surface area (Å²) in [6.45, 7) is 3.31. The van der Waals surface area contributed by atoms with Crippen LogP contribution in [0.5, 0.6) is 0 Å². The van der Waals surface area contributed by atoms with E-state index in [2.05, 4.69) is 15.1 Å². The summed E-state index contributed by atoms with van der Waals surface area (Å²) >= 11 is 12.3. The minimum atomic E-state index is -4.75. The van der Waals surface area contributed by atoms with E-state index in [1.165, 1.54) is 17.2 Å². The molecule has 0 saturated carbocycles. The molecule has 1 N–H and O–H groups in total. The Kier molecular flexibility index (Phi) is 7.71. The van der Waals surface area contributed by atoms with E-state index in [4.69, 9.17) is 23.2 Å². The fraction of sp³-hybridized carbons (Fsp3) is 0.480.